The van der Waals surface area contributed by atoms with Gasteiger partial charge in [-0.1, -0.05) is 0 Å². The lowest BCUT2D eigenvalue weighted by atomic mass is 9.92. The third-order valence-electron chi connectivity index (χ3n) is 3.75. The minimum atomic E-state index is -0.0843. The summed E-state index contributed by atoms with van der Waals surface area (Å²) < 4.78 is 1.94. The van der Waals surface area contributed by atoms with E-state index >= 15 is 0 Å². The summed E-state index contributed by atoms with van der Waals surface area (Å²) in [5.74, 6) is 0.780. The van der Waals surface area contributed by atoms with Crippen LogP contribution in [0.2, 0.25) is 0 Å². The molecule has 0 aromatic carbocycles. The van der Waals surface area contributed by atoms with Crippen LogP contribution in [0.15, 0.2) is 11.1 Å². The SMILES string of the molecule is CC1=C(C)C(=O)c2c(nc3n2CCCC3)C1=O. The molecule has 2 heterocycles. The van der Waals surface area contributed by atoms with Crippen molar-refractivity contribution < 1.29 is 9.59 Å². The maximum Gasteiger partial charge on any atom is 0.209 e. The van der Waals surface area contributed by atoms with Gasteiger partial charge in [0.15, 0.2) is 0 Å². The number of carbonyl (C=O) groups is 2. The highest BCUT2D eigenvalue weighted by atomic mass is 16.1. The minimum absolute atomic E-state index is 0.0299. The lowest BCUT2D eigenvalue weighted by molar-refractivity contribution is 0.0966. The summed E-state index contributed by atoms with van der Waals surface area (Å²) in [6.07, 6.45) is 3.01. The molecule has 0 bridgehead atoms. The van der Waals surface area contributed by atoms with Gasteiger partial charge >= 0.3 is 0 Å². The summed E-state index contributed by atoms with van der Waals surface area (Å²) in [4.78, 5) is 28.7. The number of fused-ring (bicyclic) bond motifs is 3. The quantitative estimate of drug-likeness (QED) is 0.684. The summed E-state index contributed by atoms with van der Waals surface area (Å²) in [5, 5.41) is 0. The van der Waals surface area contributed by atoms with Crippen LogP contribution in [0, 0.1) is 0 Å². The Morgan fingerprint density at radius 3 is 2.53 bits per heavy atom. The molecule has 1 aliphatic carbocycles. The van der Waals surface area contributed by atoms with E-state index in [1.807, 2.05) is 4.57 Å². The highest BCUT2D eigenvalue weighted by molar-refractivity contribution is 6.25. The Balaban J connectivity index is 2.26. The molecular formula is C13H14N2O2. The van der Waals surface area contributed by atoms with E-state index in [2.05, 4.69) is 4.98 Å². The van der Waals surface area contributed by atoms with Gasteiger partial charge in [0.25, 0.3) is 0 Å². The number of nitrogens with zero attached hydrogens (tertiary/aromatic N) is 2. The summed E-state index contributed by atoms with van der Waals surface area (Å²) in [5.41, 5.74) is 2.00. The van der Waals surface area contributed by atoms with E-state index < -0.39 is 0 Å². The zero-order valence-electron chi connectivity index (χ0n) is 10.0. The topological polar surface area (TPSA) is 52.0 Å². The maximum absolute atomic E-state index is 12.2. The van der Waals surface area contributed by atoms with E-state index in [-0.39, 0.29) is 11.6 Å². The van der Waals surface area contributed by atoms with Gasteiger partial charge in [0.05, 0.1) is 0 Å². The molecule has 1 aliphatic heterocycles. The molecule has 3 rings (SSSR count). The van der Waals surface area contributed by atoms with Crippen LogP contribution >= 0.6 is 0 Å². The van der Waals surface area contributed by atoms with Crippen molar-refractivity contribution in [2.24, 2.45) is 0 Å². The molecule has 4 heteroatoms. The molecule has 2 aliphatic rings. The van der Waals surface area contributed by atoms with E-state index in [1.165, 1.54) is 0 Å². The molecule has 0 radical (unpaired) electrons. The second-order valence-electron chi connectivity index (χ2n) is 4.74. The van der Waals surface area contributed by atoms with Gasteiger partial charge in [0, 0.05) is 24.1 Å². The Morgan fingerprint density at radius 2 is 1.76 bits per heavy atom. The first-order chi connectivity index (χ1) is 8.11. The predicted octanol–water partition coefficient (Wildman–Crippen LogP) is 1.93. The molecule has 0 atom stereocenters. The number of hydrogen-bond donors (Lipinski definition) is 0. The molecular weight excluding hydrogens is 216 g/mol. The van der Waals surface area contributed by atoms with Gasteiger partial charge in [-0.3, -0.25) is 9.59 Å². The van der Waals surface area contributed by atoms with Crippen LogP contribution in [-0.2, 0) is 13.0 Å². The second-order valence-corrected chi connectivity index (χ2v) is 4.74. The number of Topliss-reactive ketones (excluding diaryl/α,β-unsaturated/α-hetero) is 2. The van der Waals surface area contributed by atoms with Crippen LogP contribution in [0.4, 0.5) is 0 Å². The van der Waals surface area contributed by atoms with Crippen molar-refractivity contribution in [1.82, 2.24) is 9.55 Å². The van der Waals surface area contributed by atoms with Crippen LogP contribution in [0.5, 0.6) is 0 Å². The van der Waals surface area contributed by atoms with Crippen molar-refractivity contribution in [2.75, 3.05) is 0 Å². The Morgan fingerprint density at radius 1 is 1.06 bits per heavy atom. The van der Waals surface area contributed by atoms with Gasteiger partial charge in [0.2, 0.25) is 11.6 Å². The average molecular weight is 230 g/mol. The molecule has 0 N–H and O–H groups in total. The zero-order valence-corrected chi connectivity index (χ0v) is 10.0. The van der Waals surface area contributed by atoms with Gasteiger partial charge in [0.1, 0.15) is 17.2 Å². The smallest absolute Gasteiger partial charge is 0.209 e. The second kappa shape index (κ2) is 3.39. The van der Waals surface area contributed by atoms with Crippen molar-refractivity contribution in [3.8, 4) is 0 Å². The molecule has 0 unspecified atom stereocenters. The van der Waals surface area contributed by atoms with E-state index in [9.17, 15) is 9.59 Å². The first kappa shape index (κ1) is 10.4. The highest BCUT2D eigenvalue weighted by Gasteiger charge is 2.34. The first-order valence-electron chi connectivity index (χ1n) is 5.97. The molecule has 0 spiro atoms. The summed E-state index contributed by atoms with van der Waals surface area (Å²) in [6, 6.07) is 0. The lowest BCUT2D eigenvalue weighted by Crippen LogP contribution is -2.23. The number of hydrogen-bond acceptors (Lipinski definition) is 3. The monoisotopic (exact) mass is 230 g/mol. The van der Waals surface area contributed by atoms with E-state index in [0.29, 0.717) is 22.5 Å². The fourth-order valence-corrected chi connectivity index (χ4v) is 2.57. The number of ketones is 2. The van der Waals surface area contributed by atoms with E-state index in [4.69, 9.17) is 0 Å². The number of carbonyl (C=O) groups excluding carboxylic acids is 2. The van der Waals surface area contributed by atoms with E-state index in [0.717, 1.165) is 31.6 Å². The van der Waals surface area contributed by atoms with Crippen LogP contribution in [0.25, 0.3) is 0 Å². The molecule has 17 heavy (non-hydrogen) atoms. The standard InChI is InChI=1S/C13H14N2O2/c1-7-8(2)13(17)11-10(12(7)16)14-9-5-3-4-6-15(9)11/h3-6H2,1-2H3. The van der Waals surface area contributed by atoms with Crippen LogP contribution < -0.4 is 0 Å². The molecule has 0 fully saturated rings. The van der Waals surface area contributed by atoms with Crippen LogP contribution in [0.1, 0.15) is 53.5 Å². The van der Waals surface area contributed by atoms with Crippen molar-refractivity contribution in [2.45, 2.75) is 39.7 Å². The Bertz CT molecular complexity index is 578. The van der Waals surface area contributed by atoms with E-state index in [1.54, 1.807) is 13.8 Å². The van der Waals surface area contributed by atoms with Gasteiger partial charge in [-0.15, -0.1) is 0 Å². The van der Waals surface area contributed by atoms with Gasteiger partial charge in [-0.25, -0.2) is 4.98 Å². The van der Waals surface area contributed by atoms with Crippen molar-refractivity contribution in [3.05, 3.63) is 28.4 Å². The molecule has 0 saturated carbocycles. The fourth-order valence-electron chi connectivity index (χ4n) is 2.57. The van der Waals surface area contributed by atoms with Gasteiger partial charge in [-0.2, -0.15) is 0 Å². The highest BCUT2D eigenvalue weighted by Crippen LogP contribution is 2.29. The lowest BCUT2D eigenvalue weighted by Gasteiger charge is -2.18. The van der Waals surface area contributed by atoms with Crippen LogP contribution in [-0.4, -0.2) is 21.1 Å². The van der Waals surface area contributed by atoms with Crippen LogP contribution in [0.3, 0.4) is 0 Å². The molecule has 88 valence electrons. The zero-order chi connectivity index (χ0) is 12.2. The third kappa shape index (κ3) is 1.27. The largest absolute Gasteiger partial charge is 0.325 e. The number of aromatic nitrogens is 2. The third-order valence-corrected chi connectivity index (χ3v) is 3.75. The summed E-state index contributed by atoms with van der Waals surface area (Å²) >= 11 is 0. The molecule has 4 nitrogen and oxygen atoms in total. The van der Waals surface area contributed by atoms with Gasteiger partial charge < -0.3 is 4.57 Å². The number of aryl methyl sites for hydroxylation is 1. The predicted molar refractivity (Wildman–Crippen MR) is 62.2 cm³/mol. The summed E-state index contributed by atoms with van der Waals surface area (Å²) in [7, 11) is 0. The number of imidazole rings is 1. The van der Waals surface area contributed by atoms with Crippen molar-refractivity contribution in [3.63, 3.8) is 0 Å². The molecule has 0 amide bonds. The average Bonchev–Trinajstić information content (AvgIpc) is 2.73. The Hall–Kier alpha value is -1.71. The summed E-state index contributed by atoms with van der Waals surface area (Å²) in [6.45, 7) is 4.24. The molecule has 0 saturated heterocycles. The number of allylic oxidation sites excluding steroid dienone is 2. The van der Waals surface area contributed by atoms with Crippen molar-refractivity contribution in [1.29, 1.82) is 0 Å². The van der Waals surface area contributed by atoms with Crippen molar-refractivity contribution >= 4 is 11.6 Å². The molecule has 1 aromatic heterocycles. The number of rotatable bonds is 0. The Labute approximate surface area is 99.3 Å². The fraction of sp³-hybridized carbons (Fsp3) is 0.462. The first-order valence-corrected chi connectivity index (χ1v) is 5.97. The normalized spacial score (nSPS) is 19.4. The minimum Gasteiger partial charge on any atom is -0.325 e. The maximum atomic E-state index is 12.2. The Kier molecular flexibility index (Phi) is 2.08. The van der Waals surface area contributed by atoms with Gasteiger partial charge in [-0.05, 0) is 26.7 Å². The molecule has 1 aromatic rings.